The van der Waals surface area contributed by atoms with E-state index in [9.17, 15) is 8.42 Å². The quantitative estimate of drug-likeness (QED) is 0.792. The van der Waals surface area contributed by atoms with Gasteiger partial charge in [0, 0.05) is 6.04 Å². The second-order valence-electron chi connectivity index (χ2n) is 5.25. The molecule has 0 spiro atoms. The maximum Gasteiger partial charge on any atom is 0.241 e. The van der Waals surface area contributed by atoms with Gasteiger partial charge in [-0.2, -0.15) is 0 Å². The van der Waals surface area contributed by atoms with Gasteiger partial charge in [-0.05, 0) is 62.7 Å². The summed E-state index contributed by atoms with van der Waals surface area (Å²) in [6.07, 6.45) is 0. The van der Waals surface area contributed by atoms with Gasteiger partial charge in [-0.1, -0.05) is 12.1 Å². The van der Waals surface area contributed by atoms with Gasteiger partial charge in [0.25, 0.3) is 0 Å². The zero-order valence-corrected chi connectivity index (χ0v) is 15.0. The van der Waals surface area contributed by atoms with Gasteiger partial charge in [-0.15, -0.1) is 0 Å². The molecule has 5 nitrogen and oxygen atoms in total. The van der Waals surface area contributed by atoms with Crippen molar-refractivity contribution in [3.63, 3.8) is 0 Å². The molecule has 0 saturated carbocycles. The molecular formula is C18H23NO4S. The van der Waals surface area contributed by atoms with E-state index < -0.39 is 10.0 Å². The molecule has 0 unspecified atom stereocenters. The van der Waals surface area contributed by atoms with Gasteiger partial charge in [0.05, 0.1) is 18.1 Å². The average molecular weight is 349 g/mol. The summed E-state index contributed by atoms with van der Waals surface area (Å²) in [7, 11) is -3.60. The Balaban J connectivity index is 2.09. The van der Waals surface area contributed by atoms with Gasteiger partial charge in [0.2, 0.25) is 10.0 Å². The van der Waals surface area contributed by atoms with Crippen LogP contribution < -0.4 is 14.2 Å². The van der Waals surface area contributed by atoms with E-state index in [2.05, 4.69) is 4.72 Å². The molecule has 0 heterocycles. The number of hydrogen-bond acceptors (Lipinski definition) is 4. The molecule has 0 aliphatic carbocycles. The Morgan fingerprint density at radius 1 is 0.875 bits per heavy atom. The molecule has 0 amide bonds. The second-order valence-corrected chi connectivity index (χ2v) is 6.96. The van der Waals surface area contributed by atoms with Crippen LogP contribution in [-0.4, -0.2) is 21.6 Å². The molecule has 0 bridgehead atoms. The molecule has 0 saturated heterocycles. The van der Waals surface area contributed by atoms with E-state index in [0.717, 1.165) is 11.3 Å². The monoisotopic (exact) mass is 349 g/mol. The first kappa shape index (κ1) is 18.3. The summed E-state index contributed by atoms with van der Waals surface area (Å²) in [6.45, 7) is 6.74. The Bertz CT molecular complexity index is 740. The molecule has 0 aliphatic rings. The Morgan fingerprint density at radius 2 is 1.33 bits per heavy atom. The van der Waals surface area contributed by atoms with Crippen molar-refractivity contribution < 1.29 is 17.9 Å². The van der Waals surface area contributed by atoms with E-state index in [-0.39, 0.29) is 10.9 Å². The lowest BCUT2D eigenvalue weighted by Crippen LogP contribution is -2.26. The summed E-state index contributed by atoms with van der Waals surface area (Å²) in [5, 5.41) is 0. The van der Waals surface area contributed by atoms with Gasteiger partial charge in [0.15, 0.2) is 0 Å². The van der Waals surface area contributed by atoms with E-state index >= 15 is 0 Å². The van der Waals surface area contributed by atoms with Gasteiger partial charge >= 0.3 is 0 Å². The van der Waals surface area contributed by atoms with Gasteiger partial charge in [-0.25, -0.2) is 13.1 Å². The molecule has 0 aliphatic heterocycles. The van der Waals surface area contributed by atoms with E-state index in [1.807, 2.05) is 45.0 Å². The van der Waals surface area contributed by atoms with Crippen molar-refractivity contribution >= 4 is 10.0 Å². The highest BCUT2D eigenvalue weighted by Gasteiger charge is 2.18. The molecule has 1 atom stereocenters. The number of ether oxygens (including phenoxy) is 2. The molecule has 6 heteroatoms. The number of benzene rings is 2. The molecule has 1 N–H and O–H groups in total. The highest BCUT2D eigenvalue weighted by molar-refractivity contribution is 7.89. The van der Waals surface area contributed by atoms with Gasteiger partial charge < -0.3 is 9.47 Å². The second kappa shape index (κ2) is 8.17. The zero-order valence-electron chi connectivity index (χ0n) is 14.2. The average Bonchev–Trinajstić information content (AvgIpc) is 2.56. The van der Waals surface area contributed by atoms with Crippen LogP contribution in [0.4, 0.5) is 0 Å². The molecule has 0 aromatic heterocycles. The summed E-state index contributed by atoms with van der Waals surface area (Å²) < 4.78 is 38.4. The predicted molar refractivity (Wildman–Crippen MR) is 94.0 cm³/mol. The smallest absolute Gasteiger partial charge is 0.241 e. The van der Waals surface area contributed by atoms with Crippen LogP contribution in [0.25, 0.3) is 0 Å². The molecule has 2 rings (SSSR count). The number of rotatable bonds is 8. The van der Waals surface area contributed by atoms with Crippen LogP contribution in [-0.2, 0) is 10.0 Å². The van der Waals surface area contributed by atoms with Crippen molar-refractivity contribution in [3.05, 3.63) is 54.1 Å². The zero-order chi connectivity index (χ0) is 17.6. The molecule has 2 aromatic carbocycles. The largest absolute Gasteiger partial charge is 0.494 e. The first-order chi connectivity index (χ1) is 11.5. The Hall–Kier alpha value is -2.05. The number of nitrogens with one attached hydrogen (secondary N) is 1. The summed E-state index contributed by atoms with van der Waals surface area (Å²) in [6, 6.07) is 13.4. The Morgan fingerprint density at radius 3 is 1.79 bits per heavy atom. The van der Waals surface area contributed by atoms with Crippen molar-refractivity contribution in [2.75, 3.05) is 13.2 Å². The maximum atomic E-state index is 12.5. The van der Waals surface area contributed by atoms with Crippen molar-refractivity contribution in [2.24, 2.45) is 0 Å². The maximum absolute atomic E-state index is 12.5. The standard InChI is InChI=1S/C18H23NO4S/c1-4-22-16-8-6-15(7-9-16)14(3)19-24(20,21)18-12-10-17(11-13-18)23-5-2/h6-14,19H,4-5H2,1-3H3/t14-/m1/s1. The van der Waals surface area contributed by atoms with Crippen LogP contribution in [0.15, 0.2) is 53.4 Å². The highest BCUT2D eigenvalue weighted by atomic mass is 32.2. The van der Waals surface area contributed by atoms with E-state index in [0.29, 0.717) is 19.0 Å². The third-order valence-electron chi connectivity index (χ3n) is 3.47. The summed E-state index contributed by atoms with van der Waals surface area (Å²) >= 11 is 0. The summed E-state index contributed by atoms with van der Waals surface area (Å²) in [4.78, 5) is 0.212. The fraction of sp³-hybridized carbons (Fsp3) is 0.333. The van der Waals surface area contributed by atoms with Gasteiger partial charge in [-0.3, -0.25) is 0 Å². The summed E-state index contributed by atoms with van der Waals surface area (Å²) in [5.74, 6) is 1.42. The van der Waals surface area contributed by atoms with Crippen molar-refractivity contribution in [1.29, 1.82) is 0 Å². The lowest BCUT2D eigenvalue weighted by Gasteiger charge is -2.15. The first-order valence-corrected chi connectivity index (χ1v) is 9.42. The third kappa shape index (κ3) is 4.72. The third-order valence-corrected chi connectivity index (χ3v) is 5.02. The minimum atomic E-state index is -3.60. The topological polar surface area (TPSA) is 64.6 Å². The van der Waals surface area contributed by atoms with Crippen LogP contribution in [0.1, 0.15) is 32.4 Å². The minimum Gasteiger partial charge on any atom is -0.494 e. The first-order valence-electron chi connectivity index (χ1n) is 7.94. The molecule has 0 radical (unpaired) electrons. The van der Waals surface area contributed by atoms with Crippen molar-refractivity contribution in [1.82, 2.24) is 4.72 Å². The molecule has 2 aromatic rings. The van der Waals surface area contributed by atoms with Gasteiger partial charge in [0.1, 0.15) is 11.5 Å². The summed E-state index contributed by atoms with van der Waals surface area (Å²) in [5.41, 5.74) is 0.868. The van der Waals surface area contributed by atoms with Crippen molar-refractivity contribution in [2.45, 2.75) is 31.7 Å². The minimum absolute atomic E-state index is 0.212. The van der Waals surface area contributed by atoms with Crippen LogP contribution in [0.2, 0.25) is 0 Å². The Labute approximate surface area is 143 Å². The molecule has 130 valence electrons. The molecule has 24 heavy (non-hydrogen) atoms. The predicted octanol–water partition coefficient (Wildman–Crippen LogP) is 3.52. The van der Waals surface area contributed by atoms with Crippen LogP contribution >= 0.6 is 0 Å². The fourth-order valence-electron chi connectivity index (χ4n) is 2.27. The molecule has 0 fully saturated rings. The highest BCUT2D eigenvalue weighted by Crippen LogP contribution is 2.21. The SMILES string of the molecule is CCOc1ccc([C@@H](C)NS(=O)(=O)c2ccc(OCC)cc2)cc1. The Kier molecular flexibility index (Phi) is 6.23. The number of sulfonamides is 1. The van der Waals surface area contributed by atoms with Crippen LogP contribution in [0.5, 0.6) is 11.5 Å². The number of hydrogen-bond donors (Lipinski definition) is 1. The van der Waals surface area contributed by atoms with Crippen LogP contribution in [0, 0.1) is 0 Å². The lowest BCUT2D eigenvalue weighted by atomic mass is 10.1. The van der Waals surface area contributed by atoms with E-state index in [1.54, 1.807) is 12.1 Å². The van der Waals surface area contributed by atoms with Crippen LogP contribution in [0.3, 0.4) is 0 Å². The van der Waals surface area contributed by atoms with Crippen molar-refractivity contribution in [3.8, 4) is 11.5 Å². The molecular weight excluding hydrogens is 326 g/mol. The van der Waals surface area contributed by atoms with E-state index in [1.165, 1.54) is 12.1 Å². The normalized spacial score (nSPS) is 12.6. The van der Waals surface area contributed by atoms with E-state index in [4.69, 9.17) is 9.47 Å². The fourth-order valence-corrected chi connectivity index (χ4v) is 3.50. The lowest BCUT2D eigenvalue weighted by molar-refractivity contribution is 0.340.